The molecule has 2 amide bonds. The molecular formula is C9H11N3O3S. The summed E-state index contributed by atoms with van der Waals surface area (Å²) >= 11 is 0. The van der Waals surface area contributed by atoms with Crippen LogP contribution < -0.4 is 15.4 Å². The van der Waals surface area contributed by atoms with Crippen molar-refractivity contribution in [1.82, 2.24) is 5.32 Å². The number of nitrogens with one attached hydrogen (secondary N) is 1. The molecule has 0 radical (unpaired) electrons. The monoisotopic (exact) mass is 241 g/mol. The molecule has 6 nitrogen and oxygen atoms in total. The third-order valence-electron chi connectivity index (χ3n) is 2.33. The summed E-state index contributed by atoms with van der Waals surface area (Å²) in [5.74, 6) is 0. The molecule has 86 valence electrons. The van der Waals surface area contributed by atoms with Crippen molar-refractivity contribution in [3.05, 3.63) is 24.3 Å². The van der Waals surface area contributed by atoms with E-state index in [2.05, 4.69) is 5.32 Å². The van der Waals surface area contributed by atoms with Crippen molar-refractivity contribution < 1.29 is 13.2 Å². The van der Waals surface area contributed by atoms with Crippen molar-refractivity contribution in [2.75, 3.05) is 18.0 Å². The summed E-state index contributed by atoms with van der Waals surface area (Å²) in [5.41, 5.74) is 0.655. The Kier molecular flexibility index (Phi) is 2.56. The van der Waals surface area contributed by atoms with Crippen LogP contribution in [-0.2, 0) is 10.0 Å². The highest BCUT2D eigenvalue weighted by Crippen LogP contribution is 2.18. The lowest BCUT2D eigenvalue weighted by atomic mass is 10.3. The average molecular weight is 241 g/mol. The quantitative estimate of drug-likeness (QED) is 0.755. The largest absolute Gasteiger partial charge is 0.336 e. The summed E-state index contributed by atoms with van der Waals surface area (Å²) in [5, 5.41) is 7.62. The van der Waals surface area contributed by atoms with Gasteiger partial charge in [0, 0.05) is 18.8 Å². The van der Waals surface area contributed by atoms with Crippen molar-refractivity contribution in [3.8, 4) is 0 Å². The van der Waals surface area contributed by atoms with Crippen LogP contribution in [0, 0.1) is 0 Å². The number of nitrogens with zero attached hydrogens (tertiary/aromatic N) is 1. The van der Waals surface area contributed by atoms with Gasteiger partial charge in [-0.3, -0.25) is 4.90 Å². The Morgan fingerprint density at radius 3 is 2.31 bits per heavy atom. The fourth-order valence-corrected chi connectivity index (χ4v) is 2.05. The Morgan fingerprint density at radius 2 is 1.88 bits per heavy atom. The maximum atomic E-state index is 11.3. The van der Waals surface area contributed by atoms with E-state index in [1.165, 1.54) is 17.0 Å². The molecule has 0 atom stereocenters. The van der Waals surface area contributed by atoms with Gasteiger partial charge in [-0.05, 0) is 24.3 Å². The number of hydrogen-bond acceptors (Lipinski definition) is 3. The molecule has 0 saturated carbocycles. The average Bonchev–Trinajstić information content (AvgIpc) is 2.63. The number of rotatable bonds is 2. The molecule has 1 saturated heterocycles. The minimum absolute atomic E-state index is 0.0378. The molecular weight excluding hydrogens is 230 g/mol. The number of carbonyl (C=O) groups is 1. The summed E-state index contributed by atoms with van der Waals surface area (Å²) in [7, 11) is -3.68. The second-order valence-electron chi connectivity index (χ2n) is 3.42. The smallest absolute Gasteiger partial charge is 0.321 e. The van der Waals surface area contributed by atoms with E-state index < -0.39 is 10.0 Å². The standard InChI is InChI=1S/C9H11N3O3S/c10-16(14,15)8-3-1-7(2-4-8)12-6-5-11-9(12)13/h1-4H,5-6H2,(H,11,13)(H2,10,14,15). The number of urea groups is 1. The first-order valence-corrected chi connectivity index (χ1v) is 6.21. The predicted molar refractivity (Wildman–Crippen MR) is 58.6 cm³/mol. The number of nitrogens with two attached hydrogens (primary N) is 1. The molecule has 1 fully saturated rings. The number of carbonyl (C=O) groups excluding carboxylic acids is 1. The molecule has 0 spiro atoms. The maximum Gasteiger partial charge on any atom is 0.321 e. The van der Waals surface area contributed by atoms with Crippen molar-refractivity contribution in [3.63, 3.8) is 0 Å². The third kappa shape index (κ3) is 2.00. The fraction of sp³-hybridized carbons (Fsp3) is 0.222. The SMILES string of the molecule is NS(=O)(=O)c1ccc(N2CCNC2=O)cc1. The zero-order chi connectivity index (χ0) is 11.8. The highest BCUT2D eigenvalue weighted by molar-refractivity contribution is 7.89. The van der Waals surface area contributed by atoms with Crippen molar-refractivity contribution in [1.29, 1.82) is 0 Å². The van der Waals surface area contributed by atoms with Crippen LogP contribution in [0.1, 0.15) is 0 Å². The number of amides is 2. The lowest BCUT2D eigenvalue weighted by Crippen LogP contribution is -2.27. The van der Waals surface area contributed by atoms with Crippen LogP contribution in [0.2, 0.25) is 0 Å². The number of hydrogen-bond donors (Lipinski definition) is 2. The second-order valence-corrected chi connectivity index (χ2v) is 4.98. The van der Waals surface area contributed by atoms with Gasteiger partial charge in [-0.15, -0.1) is 0 Å². The van der Waals surface area contributed by atoms with Gasteiger partial charge < -0.3 is 5.32 Å². The van der Waals surface area contributed by atoms with E-state index in [9.17, 15) is 13.2 Å². The van der Waals surface area contributed by atoms with E-state index in [1.807, 2.05) is 0 Å². The number of benzene rings is 1. The number of anilines is 1. The first-order chi connectivity index (χ1) is 7.48. The van der Waals surface area contributed by atoms with Gasteiger partial charge in [-0.25, -0.2) is 18.4 Å². The molecule has 3 N–H and O–H groups in total. The molecule has 1 heterocycles. The van der Waals surface area contributed by atoms with Crippen molar-refractivity contribution in [2.24, 2.45) is 5.14 Å². The van der Waals surface area contributed by atoms with Crippen LogP contribution in [0.4, 0.5) is 10.5 Å². The van der Waals surface area contributed by atoms with Crippen molar-refractivity contribution in [2.45, 2.75) is 4.90 Å². The molecule has 7 heteroatoms. The first-order valence-electron chi connectivity index (χ1n) is 4.67. The van der Waals surface area contributed by atoms with Crippen molar-refractivity contribution >= 4 is 21.7 Å². The summed E-state index contributed by atoms with van der Waals surface area (Å²) < 4.78 is 22.0. The normalized spacial score (nSPS) is 16.3. The summed E-state index contributed by atoms with van der Waals surface area (Å²) in [6.07, 6.45) is 0. The Morgan fingerprint density at radius 1 is 1.25 bits per heavy atom. The third-order valence-corrected chi connectivity index (χ3v) is 3.26. The number of primary sulfonamides is 1. The van der Waals surface area contributed by atoms with Crippen LogP contribution in [0.15, 0.2) is 29.2 Å². The van der Waals surface area contributed by atoms with Crippen LogP contribution in [-0.4, -0.2) is 27.5 Å². The molecule has 16 heavy (non-hydrogen) atoms. The van der Waals surface area contributed by atoms with E-state index in [4.69, 9.17) is 5.14 Å². The Hall–Kier alpha value is -1.60. The molecule has 1 aromatic carbocycles. The first kappa shape index (κ1) is 10.9. The van der Waals surface area contributed by atoms with E-state index in [0.717, 1.165) is 0 Å². The highest BCUT2D eigenvalue weighted by atomic mass is 32.2. The Bertz CT molecular complexity index is 509. The zero-order valence-electron chi connectivity index (χ0n) is 8.38. The van der Waals surface area contributed by atoms with Crippen LogP contribution >= 0.6 is 0 Å². The molecule has 2 rings (SSSR count). The van der Waals surface area contributed by atoms with Gasteiger partial charge in [0.25, 0.3) is 0 Å². The second kappa shape index (κ2) is 3.76. The summed E-state index contributed by atoms with van der Waals surface area (Å²) in [6.45, 7) is 1.17. The Balaban J connectivity index is 2.29. The van der Waals surface area contributed by atoms with E-state index in [1.54, 1.807) is 12.1 Å². The fourth-order valence-electron chi connectivity index (χ4n) is 1.53. The van der Waals surface area contributed by atoms with Gasteiger partial charge in [-0.1, -0.05) is 0 Å². The topological polar surface area (TPSA) is 92.5 Å². The Labute approximate surface area is 93.1 Å². The van der Waals surface area contributed by atoms with Gasteiger partial charge in [0.05, 0.1) is 4.90 Å². The van der Waals surface area contributed by atoms with Gasteiger partial charge in [0.15, 0.2) is 0 Å². The lowest BCUT2D eigenvalue weighted by Gasteiger charge is -2.14. The van der Waals surface area contributed by atoms with E-state index in [-0.39, 0.29) is 10.9 Å². The molecule has 0 aliphatic carbocycles. The zero-order valence-corrected chi connectivity index (χ0v) is 9.20. The summed E-state index contributed by atoms with van der Waals surface area (Å²) in [4.78, 5) is 12.9. The minimum atomic E-state index is -3.68. The van der Waals surface area contributed by atoms with E-state index in [0.29, 0.717) is 18.8 Å². The molecule has 0 bridgehead atoms. The van der Waals surface area contributed by atoms with Gasteiger partial charge in [-0.2, -0.15) is 0 Å². The van der Waals surface area contributed by atoms with Crippen LogP contribution in [0.5, 0.6) is 0 Å². The molecule has 1 aromatic rings. The van der Waals surface area contributed by atoms with E-state index >= 15 is 0 Å². The van der Waals surface area contributed by atoms with Gasteiger partial charge in [0.2, 0.25) is 10.0 Å². The van der Waals surface area contributed by atoms with Crippen LogP contribution in [0.25, 0.3) is 0 Å². The maximum absolute atomic E-state index is 11.3. The van der Waals surface area contributed by atoms with Gasteiger partial charge >= 0.3 is 6.03 Å². The lowest BCUT2D eigenvalue weighted by molar-refractivity contribution is 0.252. The highest BCUT2D eigenvalue weighted by Gasteiger charge is 2.21. The molecule has 0 unspecified atom stereocenters. The molecule has 0 aromatic heterocycles. The predicted octanol–water partition coefficient (Wildman–Crippen LogP) is -0.136. The summed E-state index contributed by atoms with van der Waals surface area (Å²) in [6, 6.07) is 5.71. The molecule has 1 aliphatic heterocycles. The van der Waals surface area contributed by atoms with Crippen LogP contribution in [0.3, 0.4) is 0 Å². The number of sulfonamides is 1. The molecule has 1 aliphatic rings. The van der Waals surface area contributed by atoms with Gasteiger partial charge in [0.1, 0.15) is 0 Å². The minimum Gasteiger partial charge on any atom is -0.336 e.